The van der Waals surface area contributed by atoms with Gasteiger partial charge in [-0.3, -0.25) is 24.0 Å². The maximum absolute atomic E-state index is 12.3. The van der Waals surface area contributed by atoms with E-state index in [9.17, 15) is 9.59 Å². The number of rotatable bonds is 2. The van der Waals surface area contributed by atoms with Gasteiger partial charge in [-0.25, -0.2) is 4.98 Å². The van der Waals surface area contributed by atoms with Gasteiger partial charge in [0.2, 0.25) is 5.91 Å². The summed E-state index contributed by atoms with van der Waals surface area (Å²) in [5.41, 5.74) is 0.432. The number of hydrogen-bond acceptors (Lipinski definition) is 6. The Bertz CT molecular complexity index is 875. The lowest BCUT2D eigenvalue weighted by Gasteiger charge is -2.30. The summed E-state index contributed by atoms with van der Waals surface area (Å²) in [7, 11) is 3.65. The monoisotopic (exact) mass is 362 g/mol. The lowest BCUT2D eigenvalue weighted by Crippen LogP contribution is -2.42. The number of aromatic amines is 1. The Hall–Kier alpha value is -2.75. The van der Waals surface area contributed by atoms with Crippen molar-refractivity contribution in [1.82, 2.24) is 29.5 Å². The van der Waals surface area contributed by atoms with Crippen LogP contribution >= 0.6 is 0 Å². The molecule has 10 heteroatoms. The van der Waals surface area contributed by atoms with E-state index in [0.29, 0.717) is 29.3 Å². The topological polar surface area (TPSA) is 124 Å². The number of amides is 1. The number of H-pyrrole nitrogens is 1. The fourth-order valence-electron chi connectivity index (χ4n) is 3.78. The van der Waals surface area contributed by atoms with Crippen LogP contribution in [-0.4, -0.2) is 73.7 Å². The third kappa shape index (κ3) is 3.32. The predicted molar refractivity (Wildman–Crippen MR) is 92.3 cm³/mol. The van der Waals surface area contributed by atoms with Gasteiger partial charge >= 0.3 is 0 Å². The molecule has 2 saturated heterocycles. The molecule has 4 rings (SSSR count). The Balaban J connectivity index is 0.000000613. The van der Waals surface area contributed by atoms with E-state index >= 15 is 0 Å². The van der Waals surface area contributed by atoms with Crippen LogP contribution in [0.1, 0.15) is 12.2 Å². The highest BCUT2D eigenvalue weighted by Gasteiger charge is 2.41. The standard InChI is InChI=1S/C15H20N6O2.CH2O2/c1-19-4-3-9-6-21(7-11(9)15(19)23)8-12-17-13-10(14(22)18-12)5-16-20(13)2;2-1-3/h5,9,11H,3-4,6-8H2,1-2H3,(H,17,18,22);1H,(H,2,3)/t9-,11+;/m1./s1. The minimum Gasteiger partial charge on any atom is -0.483 e. The molecular weight excluding hydrogens is 340 g/mol. The number of carboxylic acid groups (broad SMARTS) is 1. The number of aryl methyl sites for hydroxylation is 1. The minimum atomic E-state index is -0.250. The van der Waals surface area contributed by atoms with Gasteiger partial charge in [0.05, 0.1) is 18.7 Å². The zero-order valence-electron chi connectivity index (χ0n) is 14.8. The molecule has 2 aliphatic rings. The summed E-state index contributed by atoms with van der Waals surface area (Å²) in [6.07, 6.45) is 2.58. The first-order valence-electron chi connectivity index (χ1n) is 8.40. The first kappa shape index (κ1) is 18.1. The van der Waals surface area contributed by atoms with Crippen molar-refractivity contribution in [2.24, 2.45) is 18.9 Å². The lowest BCUT2D eigenvalue weighted by molar-refractivity contribution is -0.137. The Morgan fingerprint density at radius 1 is 1.35 bits per heavy atom. The molecule has 0 unspecified atom stereocenters. The summed E-state index contributed by atoms with van der Waals surface area (Å²) >= 11 is 0. The fourth-order valence-corrected chi connectivity index (χ4v) is 3.78. The van der Waals surface area contributed by atoms with E-state index < -0.39 is 0 Å². The molecule has 2 atom stereocenters. The van der Waals surface area contributed by atoms with Gasteiger partial charge in [0, 0.05) is 33.7 Å². The van der Waals surface area contributed by atoms with Crippen molar-refractivity contribution >= 4 is 23.4 Å². The normalized spacial score (nSPS) is 22.8. The maximum Gasteiger partial charge on any atom is 0.290 e. The molecular formula is C16H22N6O4. The van der Waals surface area contributed by atoms with Crippen molar-refractivity contribution in [3.05, 3.63) is 22.4 Å². The number of carbonyl (C=O) groups excluding carboxylic acids is 1. The number of fused-ring (bicyclic) bond motifs is 2. The van der Waals surface area contributed by atoms with E-state index in [1.165, 1.54) is 6.20 Å². The van der Waals surface area contributed by atoms with Gasteiger partial charge in [-0.15, -0.1) is 0 Å². The van der Waals surface area contributed by atoms with Crippen LogP contribution in [0.2, 0.25) is 0 Å². The average molecular weight is 362 g/mol. The molecule has 2 aliphatic heterocycles. The first-order chi connectivity index (χ1) is 12.4. The molecule has 0 saturated carbocycles. The van der Waals surface area contributed by atoms with E-state index in [1.54, 1.807) is 11.7 Å². The van der Waals surface area contributed by atoms with Gasteiger partial charge in [-0.1, -0.05) is 0 Å². The number of nitrogens with zero attached hydrogens (tertiary/aromatic N) is 5. The SMILES string of the molecule is CN1CC[C@@H]2CN(Cc3nc4c(cnn4C)c(=O)[nH]3)C[C@@H]2C1=O.O=CO. The number of likely N-dealkylation sites (tertiary alicyclic amines) is 2. The molecule has 0 aliphatic carbocycles. The summed E-state index contributed by atoms with van der Waals surface area (Å²) in [6.45, 7) is 2.77. The molecule has 0 radical (unpaired) electrons. The molecule has 26 heavy (non-hydrogen) atoms. The van der Waals surface area contributed by atoms with Crippen molar-refractivity contribution < 1.29 is 14.7 Å². The second-order valence-electron chi connectivity index (χ2n) is 6.73. The lowest BCUT2D eigenvalue weighted by atomic mass is 9.88. The van der Waals surface area contributed by atoms with Gasteiger partial charge in [0.25, 0.3) is 12.0 Å². The molecule has 0 bridgehead atoms. The number of piperidine rings is 1. The van der Waals surface area contributed by atoms with Gasteiger partial charge < -0.3 is 15.0 Å². The van der Waals surface area contributed by atoms with Crippen LogP contribution in [-0.2, 0) is 23.2 Å². The third-order valence-corrected chi connectivity index (χ3v) is 5.07. The van der Waals surface area contributed by atoms with Crippen LogP contribution in [0.4, 0.5) is 0 Å². The zero-order chi connectivity index (χ0) is 18.8. The van der Waals surface area contributed by atoms with Gasteiger partial charge in [0.1, 0.15) is 11.2 Å². The van der Waals surface area contributed by atoms with Crippen LogP contribution < -0.4 is 5.56 Å². The van der Waals surface area contributed by atoms with Crippen LogP contribution in [0.3, 0.4) is 0 Å². The van der Waals surface area contributed by atoms with E-state index in [-0.39, 0.29) is 23.9 Å². The largest absolute Gasteiger partial charge is 0.483 e. The summed E-state index contributed by atoms with van der Waals surface area (Å²) in [6, 6.07) is 0. The molecule has 2 N–H and O–H groups in total. The number of aromatic nitrogens is 4. The van der Waals surface area contributed by atoms with Crippen molar-refractivity contribution in [1.29, 1.82) is 0 Å². The van der Waals surface area contributed by atoms with E-state index in [2.05, 4.69) is 20.0 Å². The van der Waals surface area contributed by atoms with Crippen LogP contribution in [0.15, 0.2) is 11.0 Å². The summed E-state index contributed by atoms with van der Waals surface area (Å²) in [5, 5.41) is 11.5. The average Bonchev–Trinajstić information content (AvgIpc) is 3.17. The van der Waals surface area contributed by atoms with Gasteiger partial charge in [-0.05, 0) is 12.3 Å². The molecule has 0 aromatic carbocycles. The Morgan fingerprint density at radius 2 is 2.08 bits per heavy atom. The molecule has 2 aromatic heterocycles. The van der Waals surface area contributed by atoms with E-state index in [0.717, 1.165) is 26.1 Å². The molecule has 140 valence electrons. The van der Waals surface area contributed by atoms with Crippen LogP contribution in [0.25, 0.3) is 11.0 Å². The third-order valence-electron chi connectivity index (χ3n) is 5.07. The van der Waals surface area contributed by atoms with Crippen molar-refractivity contribution in [3.8, 4) is 0 Å². The highest BCUT2D eigenvalue weighted by Crippen LogP contribution is 2.32. The molecule has 1 amide bonds. The number of carbonyl (C=O) groups is 2. The number of hydrogen-bond donors (Lipinski definition) is 2. The van der Waals surface area contributed by atoms with Crippen molar-refractivity contribution in [3.63, 3.8) is 0 Å². The van der Waals surface area contributed by atoms with E-state index in [4.69, 9.17) is 9.90 Å². The van der Waals surface area contributed by atoms with Crippen molar-refractivity contribution in [2.45, 2.75) is 13.0 Å². The maximum atomic E-state index is 12.3. The van der Waals surface area contributed by atoms with Crippen LogP contribution in [0, 0.1) is 11.8 Å². The van der Waals surface area contributed by atoms with Gasteiger partial charge in [-0.2, -0.15) is 5.10 Å². The Kier molecular flexibility index (Phi) is 5.03. The fraction of sp³-hybridized carbons (Fsp3) is 0.562. The number of nitrogens with one attached hydrogen (secondary N) is 1. The highest BCUT2D eigenvalue weighted by atomic mass is 16.3. The highest BCUT2D eigenvalue weighted by molar-refractivity contribution is 5.80. The summed E-state index contributed by atoms with van der Waals surface area (Å²) < 4.78 is 1.61. The Labute approximate surface area is 149 Å². The molecule has 2 aromatic rings. The second kappa shape index (κ2) is 7.24. The van der Waals surface area contributed by atoms with Crippen LogP contribution in [0.5, 0.6) is 0 Å². The van der Waals surface area contributed by atoms with Gasteiger partial charge in [0.15, 0.2) is 5.65 Å². The molecule has 10 nitrogen and oxygen atoms in total. The minimum absolute atomic E-state index is 0.0842. The molecule has 2 fully saturated rings. The van der Waals surface area contributed by atoms with Crippen molar-refractivity contribution in [2.75, 3.05) is 26.7 Å². The molecule has 0 spiro atoms. The summed E-state index contributed by atoms with van der Waals surface area (Å²) in [4.78, 5) is 44.1. The Morgan fingerprint density at radius 3 is 2.81 bits per heavy atom. The van der Waals surface area contributed by atoms with E-state index in [1.807, 2.05) is 11.9 Å². The quantitative estimate of drug-likeness (QED) is 0.675. The zero-order valence-corrected chi connectivity index (χ0v) is 14.8. The smallest absolute Gasteiger partial charge is 0.290 e. The summed E-state index contributed by atoms with van der Waals surface area (Å²) in [5.74, 6) is 1.38. The molecule has 4 heterocycles. The second-order valence-corrected chi connectivity index (χ2v) is 6.73. The first-order valence-corrected chi connectivity index (χ1v) is 8.40. The predicted octanol–water partition coefficient (Wildman–Crippen LogP) is -0.732.